The lowest BCUT2D eigenvalue weighted by Crippen LogP contribution is -2.51. The fourth-order valence-corrected chi connectivity index (χ4v) is 3.81. The van der Waals surface area contributed by atoms with Crippen LogP contribution in [0.1, 0.15) is 33.1 Å². The maximum absolute atomic E-state index is 3.59. The van der Waals surface area contributed by atoms with Crippen molar-refractivity contribution in [2.75, 3.05) is 52.4 Å². The first-order valence-corrected chi connectivity index (χ1v) is 8.33. The lowest BCUT2D eigenvalue weighted by atomic mass is 9.76. The van der Waals surface area contributed by atoms with Crippen LogP contribution in [0.3, 0.4) is 0 Å². The van der Waals surface area contributed by atoms with E-state index < -0.39 is 0 Å². The summed E-state index contributed by atoms with van der Waals surface area (Å²) in [5.74, 6) is 1.85. The van der Waals surface area contributed by atoms with Crippen LogP contribution in [0, 0.1) is 17.3 Å². The molecule has 0 bridgehead atoms. The summed E-state index contributed by atoms with van der Waals surface area (Å²) in [5, 5.41) is 3.59. The zero-order valence-electron chi connectivity index (χ0n) is 12.8. The summed E-state index contributed by atoms with van der Waals surface area (Å²) in [7, 11) is 0. The van der Waals surface area contributed by atoms with E-state index in [1.165, 1.54) is 71.6 Å². The predicted octanol–water partition coefficient (Wildman–Crippen LogP) is 1.65. The van der Waals surface area contributed by atoms with Crippen molar-refractivity contribution in [2.24, 2.45) is 17.3 Å². The summed E-state index contributed by atoms with van der Waals surface area (Å²) in [6.45, 7) is 15.2. The third-order valence-electron chi connectivity index (χ3n) is 5.72. The molecule has 3 rings (SSSR count). The number of hydrogen-bond donors (Lipinski definition) is 1. The molecule has 0 aromatic heterocycles. The molecule has 1 aliphatic carbocycles. The van der Waals surface area contributed by atoms with Crippen molar-refractivity contribution in [3.8, 4) is 0 Å². The zero-order valence-corrected chi connectivity index (χ0v) is 12.8. The number of nitrogens with zero attached hydrogens (tertiary/aromatic N) is 2. The van der Waals surface area contributed by atoms with Gasteiger partial charge in [0.1, 0.15) is 0 Å². The van der Waals surface area contributed by atoms with E-state index in [4.69, 9.17) is 0 Å². The van der Waals surface area contributed by atoms with Crippen LogP contribution >= 0.6 is 0 Å². The van der Waals surface area contributed by atoms with Crippen LogP contribution in [0.4, 0.5) is 0 Å². The summed E-state index contributed by atoms with van der Waals surface area (Å²) in [4.78, 5) is 5.43. The topological polar surface area (TPSA) is 18.5 Å². The Morgan fingerprint density at radius 1 is 1.11 bits per heavy atom. The SMILES string of the molecule is CC(C)C1(CN2CCN(CC3CC3)CC2)CCNC1. The smallest absolute Gasteiger partial charge is 0.0110 e. The molecule has 0 radical (unpaired) electrons. The summed E-state index contributed by atoms with van der Waals surface area (Å²) in [6, 6.07) is 0. The molecule has 110 valence electrons. The van der Waals surface area contributed by atoms with Gasteiger partial charge in [-0.15, -0.1) is 0 Å². The molecule has 0 aromatic carbocycles. The third-order valence-corrected chi connectivity index (χ3v) is 5.72. The number of hydrogen-bond acceptors (Lipinski definition) is 3. The maximum Gasteiger partial charge on any atom is 0.0110 e. The first-order chi connectivity index (χ1) is 9.18. The normalized spacial score (nSPS) is 34.3. The highest BCUT2D eigenvalue weighted by Crippen LogP contribution is 2.35. The molecule has 0 aromatic rings. The second-order valence-electron chi connectivity index (χ2n) is 7.46. The van der Waals surface area contributed by atoms with Crippen molar-refractivity contribution in [1.29, 1.82) is 0 Å². The van der Waals surface area contributed by atoms with Crippen LogP contribution in [0.15, 0.2) is 0 Å². The lowest BCUT2D eigenvalue weighted by Gasteiger charge is -2.42. The molecule has 0 amide bonds. The second-order valence-corrected chi connectivity index (χ2v) is 7.46. The third kappa shape index (κ3) is 3.32. The first-order valence-electron chi connectivity index (χ1n) is 8.33. The van der Waals surface area contributed by atoms with Crippen molar-refractivity contribution in [3.63, 3.8) is 0 Å². The summed E-state index contributed by atoms with van der Waals surface area (Å²) >= 11 is 0. The van der Waals surface area contributed by atoms with E-state index in [1.807, 2.05) is 0 Å². The van der Waals surface area contributed by atoms with E-state index in [0.717, 1.165) is 11.8 Å². The van der Waals surface area contributed by atoms with Crippen LogP contribution in [0.5, 0.6) is 0 Å². The van der Waals surface area contributed by atoms with Crippen molar-refractivity contribution in [1.82, 2.24) is 15.1 Å². The standard InChI is InChI=1S/C16H31N3/c1-14(2)16(5-6-17-12-16)13-19-9-7-18(8-10-19)11-15-3-4-15/h14-15,17H,3-13H2,1-2H3. The molecule has 1 saturated carbocycles. The maximum atomic E-state index is 3.59. The molecule has 19 heavy (non-hydrogen) atoms. The minimum atomic E-state index is 0.540. The fourth-order valence-electron chi connectivity index (χ4n) is 3.81. The Morgan fingerprint density at radius 2 is 1.79 bits per heavy atom. The van der Waals surface area contributed by atoms with E-state index >= 15 is 0 Å². The fraction of sp³-hybridized carbons (Fsp3) is 1.00. The van der Waals surface area contributed by atoms with Crippen LogP contribution in [-0.2, 0) is 0 Å². The van der Waals surface area contributed by atoms with Gasteiger partial charge in [-0.25, -0.2) is 0 Å². The lowest BCUT2D eigenvalue weighted by molar-refractivity contribution is 0.0678. The molecule has 3 heteroatoms. The van der Waals surface area contributed by atoms with Gasteiger partial charge in [0.15, 0.2) is 0 Å². The molecule has 2 saturated heterocycles. The van der Waals surface area contributed by atoms with Crippen molar-refractivity contribution in [3.05, 3.63) is 0 Å². The highest BCUT2D eigenvalue weighted by molar-refractivity contribution is 4.93. The van der Waals surface area contributed by atoms with Crippen molar-refractivity contribution in [2.45, 2.75) is 33.1 Å². The van der Waals surface area contributed by atoms with E-state index in [9.17, 15) is 0 Å². The molecule has 3 nitrogen and oxygen atoms in total. The van der Waals surface area contributed by atoms with E-state index in [0.29, 0.717) is 5.41 Å². The van der Waals surface area contributed by atoms with Gasteiger partial charge in [0.05, 0.1) is 0 Å². The van der Waals surface area contributed by atoms with Gasteiger partial charge in [-0.1, -0.05) is 13.8 Å². The van der Waals surface area contributed by atoms with Gasteiger partial charge >= 0.3 is 0 Å². The van der Waals surface area contributed by atoms with Crippen molar-refractivity contribution >= 4 is 0 Å². The summed E-state index contributed by atoms with van der Waals surface area (Å²) < 4.78 is 0. The van der Waals surface area contributed by atoms with Gasteiger partial charge in [0.2, 0.25) is 0 Å². The monoisotopic (exact) mass is 265 g/mol. The molecule has 1 atom stereocenters. The molecule has 2 aliphatic heterocycles. The van der Waals surface area contributed by atoms with Crippen LogP contribution in [0.2, 0.25) is 0 Å². The zero-order chi connectivity index (χ0) is 13.3. The summed E-state index contributed by atoms with van der Waals surface area (Å²) in [5.41, 5.74) is 0.540. The average molecular weight is 265 g/mol. The Bertz CT molecular complexity index is 284. The van der Waals surface area contributed by atoms with Gasteiger partial charge in [-0.2, -0.15) is 0 Å². The largest absolute Gasteiger partial charge is 0.316 e. The first kappa shape index (κ1) is 13.8. The van der Waals surface area contributed by atoms with Gasteiger partial charge in [-0.3, -0.25) is 0 Å². The number of nitrogens with one attached hydrogen (secondary N) is 1. The molecule has 3 aliphatic rings. The van der Waals surface area contributed by atoms with Gasteiger partial charge in [0, 0.05) is 45.8 Å². The Kier molecular flexibility index (Phi) is 4.16. The predicted molar refractivity (Wildman–Crippen MR) is 80.4 cm³/mol. The number of rotatable bonds is 5. The Labute approximate surface area is 118 Å². The van der Waals surface area contributed by atoms with E-state index in [1.54, 1.807) is 0 Å². The Morgan fingerprint density at radius 3 is 2.32 bits per heavy atom. The van der Waals surface area contributed by atoms with Crippen LogP contribution in [-0.4, -0.2) is 62.2 Å². The molecular weight excluding hydrogens is 234 g/mol. The highest BCUT2D eigenvalue weighted by Gasteiger charge is 2.39. The molecule has 1 N–H and O–H groups in total. The highest BCUT2D eigenvalue weighted by atomic mass is 15.3. The minimum absolute atomic E-state index is 0.540. The second kappa shape index (κ2) is 5.71. The van der Waals surface area contributed by atoms with Gasteiger partial charge in [-0.05, 0) is 43.1 Å². The average Bonchev–Trinajstić information content (AvgIpc) is 3.08. The number of piperazine rings is 1. The quantitative estimate of drug-likeness (QED) is 0.815. The molecular formula is C16H31N3. The molecule has 3 fully saturated rings. The molecule has 2 heterocycles. The minimum Gasteiger partial charge on any atom is -0.316 e. The van der Waals surface area contributed by atoms with E-state index in [-0.39, 0.29) is 0 Å². The molecule has 0 spiro atoms. The van der Waals surface area contributed by atoms with Crippen molar-refractivity contribution < 1.29 is 0 Å². The van der Waals surface area contributed by atoms with E-state index in [2.05, 4.69) is 29.0 Å². The molecule has 1 unspecified atom stereocenters. The van der Waals surface area contributed by atoms with Crippen LogP contribution < -0.4 is 5.32 Å². The summed E-state index contributed by atoms with van der Waals surface area (Å²) in [6.07, 6.45) is 4.34. The Balaban J connectivity index is 1.47. The van der Waals surface area contributed by atoms with Gasteiger partial charge in [0.25, 0.3) is 0 Å². The van der Waals surface area contributed by atoms with Crippen LogP contribution in [0.25, 0.3) is 0 Å². The Hall–Kier alpha value is -0.120. The van der Waals surface area contributed by atoms with Gasteiger partial charge < -0.3 is 15.1 Å².